The van der Waals surface area contributed by atoms with Crippen molar-refractivity contribution in [2.45, 2.75) is 13.1 Å². The van der Waals surface area contributed by atoms with Gasteiger partial charge in [-0.15, -0.1) is 0 Å². The maximum Gasteiger partial charge on any atom is 0.416 e. The molecule has 0 N–H and O–H groups in total. The molecule has 0 saturated carbocycles. The molecular formula is C38H23F3N6. The Morgan fingerprint density at radius 2 is 0.894 bits per heavy atom. The number of aryl methyl sites for hydroxylation is 1. The lowest BCUT2D eigenvalue weighted by molar-refractivity contribution is -0.137. The SMILES string of the molecule is Cc1ccc2nc3c(nc2c1)N(c1ccc2ccccc2c1)c1nc2ccc(C(F)(F)F)cc2nc1N3c1ccc2ccccc2c1. The van der Waals surface area contributed by atoms with Crippen LogP contribution in [0.1, 0.15) is 11.1 Å². The van der Waals surface area contributed by atoms with Crippen molar-refractivity contribution < 1.29 is 13.2 Å². The van der Waals surface area contributed by atoms with Gasteiger partial charge in [0, 0.05) is 11.4 Å². The van der Waals surface area contributed by atoms with E-state index in [9.17, 15) is 13.2 Å². The number of benzene rings is 6. The minimum atomic E-state index is -4.53. The summed E-state index contributed by atoms with van der Waals surface area (Å²) in [6.07, 6.45) is -4.53. The van der Waals surface area contributed by atoms with Gasteiger partial charge in [-0.05, 0) is 88.6 Å². The maximum atomic E-state index is 13.8. The van der Waals surface area contributed by atoms with Crippen LogP contribution in [-0.2, 0) is 6.18 Å². The summed E-state index contributed by atoms with van der Waals surface area (Å²) >= 11 is 0. The number of fused-ring (bicyclic) bond motifs is 6. The molecule has 0 unspecified atom stereocenters. The van der Waals surface area contributed by atoms with Crippen LogP contribution in [0.3, 0.4) is 0 Å². The highest BCUT2D eigenvalue weighted by molar-refractivity contribution is 6.02. The lowest BCUT2D eigenvalue weighted by atomic mass is 10.1. The van der Waals surface area contributed by atoms with E-state index in [1.165, 1.54) is 6.07 Å². The highest BCUT2D eigenvalue weighted by Gasteiger charge is 2.37. The summed E-state index contributed by atoms with van der Waals surface area (Å²) < 4.78 is 41.5. The Balaban J connectivity index is 1.39. The van der Waals surface area contributed by atoms with E-state index in [-0.39, 0.29) is 5.52 Å². The largest absolute Gasteiger partial charge is 0.416 e. The molecule has 1 aliphatic rings. The van der Waals surface area contributed by atoms with Gasteiger partial charge in [0.25, 0.3) is 0 Å². The minimum Gasteiger partial charge on any atom is -0.273 e. The van der Waals surface area contributed by atoms with E-state index in [0.29, 0.717) is 39.8 Å². The van der Waals surface area contributed by atoms with Crippen LogP contribution in [0.5, 0.6) is 0 Å². The molecule has 9 heteroatoms. The van der Waals surface area contributed by atoms with Crippen molar-refractivity contribution in [3.8, 4) is 0 Å². The fourth-order valence-electron chi connectivity index (χ4n) is 6.28. The first-order valence-corrected chi connectivity index (χ1v) is 15.1. The zero-order chi connectivity index (χ0) is 31.9. The number of anilines is 6. The first-order chi connectivity index (χ1) is 22.8. The monoisotopic (exact) mass is 620 g/mol. The van der Waals surface area contributed by atoms with E-state index in [2.05, 4.69) is 6.07 Å². The molecule has 0 amide bonds. The van der Waals surface area contributed by atoms with Crippen LogP contribution in [0.15, 0.2) is 121 Å². The third-order valence-electron chi connectivity index (χ3n) is 8.57. The molecule has 0 aliphatic carbocycles. The van der Waals surface area contributed by atoms with Gasteiger partial charge in [-0.3, -0.25) is 9.80 Å². The number of rotatable bonds is 2. The third-order valence-corrected chi connectivity index (χ3v) is 8.57. The van der Waals surface area contributed by atoms with Crippen LogP contribution in [0.25, 0.3) is 43.6 Å². The van der Waals surface area contributed by atoms with Crippen molar-refractivity contribution in [1.29, 1.82) is 0 Å². The van der Waals surface area contributed by atoms with E-state index in [0.717, 1.165) is 50.6 Å². The summed E-state index contributed by atoms with van der Waals surface area (Å²) in [5.41, 5.74) is 3.58. The molecule has 3 heterocycles. The highest BCUT2D eigenvalue weighted by Crippen LogP contribution is 2.52. The smallest absolute Gasteiger partial charge is 0.273 e. The third kappa shape index (κ3) is 4.42. The predicted octanol–water partition coefficient (Wildman–Crippen LogP) is 10.5. The first-order valence-electron chi connectivity index (χ1n) is 15.1. The Kier molecular flexibility index (Phi) is 5.77. The predicted molar refractivity (Wildman–Crippen MR) is 180 cm³/mol. The second kappa shape index (κ2) is 9.95. The van der Waals surface area contributed by atoms with Crippen LogP contribution in [0, 0.1) is 6.92 Å². The van der Waals surface area contributed by atoms with Gasteiger partial charge in [-0.2, -0.15) is 13.2 Å². The van der Waals surface area contributed by atoms with Crippen molar-refractivity contribution >= 4 is 78.3 Å². The van der Waals surface area contributed by atoms with Crippen molar-refractivity contribution in [2.75, 3.05) is 9.80 Å². The lowest BCUT2D eigenvalue weighted by Crippen LogP contribution is -2.28. The number of nitrogens with zero attached hydrogens (tertiary/aromatic N) is 6. The van der Waals surface area contributed by atoms with Gasteiger partial charge in [0.2, 0.25) is 0 Å². The van der Waals surface area contributed by atoms with Gasteiger partial charge < -0.3 is 0 Å². The first kappa shape index (κ1) is 27.2. The summed E-state index contributed by atoms with van der Waals surface area (Å²) in [6.45, 7) is 2.01. The van der Waals surface area contributed by atoms with Gasteiger partial charge in [-0.25, -0.2) is 19.9 Å². The van der Waals surface area contributed by atoms with Gasteiger partial charge in [-0.1, -0.05) is 66.7 Å². The number of hydrogen-bond acceptors (Lipinski definition) is 6. The summed E-state index contributed by atoms with van der Waals surface area (Å²) in [6, 6.07) is 37.4. The van der Waals surface area contributed by atoms with Gasteiger partial charge in [0.1, 0.15) is 0 Å². The Bertz CT molecular complexity index is 2560. The average molecular weight is 621 g/mol. The number of aromatic nitrogens is 4. The molecule has 9 rings (SSSR count). The Labute approximate surface area is 266 Å². The summed E-state index contributed by atoms with van der Waals surface area (Å²) in [4.78, 5) is 24.0. The van der Waals surface area contributed by atoms with Gasteiger partial charge >= 0.3 is 6.18 Å². The van der Waals surface area contributed by atoms with E-state index in [4.69, 9.17) is 19.9 Å². The van der Waals surface area contributed by atoms with Crippen LogP contribution in [0.4, 0.5) is 47.8 Å². The molecule has 0 radical (unpaired) electrons. The van der Waals surface area contributed by atoms with E-state index >= 15 is 0 Å². The van der Waals surface area contributed by atoms with E-state index < -0.39 is 11.7 Å². The molecule has 0 bridgehead atoms. The molecular weight excluding hydrogens is 597 g/mol. The molecule has 6 nitrogen and oxygen atoms in total. The molecule has 6 aromatic carbocycles. The van der Waals surface area contributed by atoms with Crippen molar-refractivity contribution in [2.24, 2.45) is 0 Å². The van der Waals surface area contributed by atoms with Crippen LogP contribution in [0.2, 0.25) is 0 Å². The fourth-order valence-corrected chi connectivity index (χ4v) is 6.28. The molecule has 0 fully saturated rings. The fraction of sp³-hybridized carbons (Fsp3) is 0.0526. The van der Waals surface area contributed by atoms with E-state index in [1.54, 1.807) is 0 Å². The second-order valence-electron chi connectivity index (χ2n) is 11.7. The van der Waals surface area contributed by atoms with Gasteiger partial charge in [0.05, 0.1) is 27.6 Å². The van der Waals surface area contributed by atoms with E-state index in [1.807, 2.05) is 114 Å². The molecule has 226 valence electrons. The molecule has 8 aromatic rings. The lowest BCUT2D eigenvalue weighted by Gasteiger charge is -2.37. The molecule has 1 aliphatic heterocycles. The standard InChI is InChI=1S/C38H23F3N6/c1-22-10-16-30-32(18-22)44-36-34(42-30)47(29-15-12-24-7-3-5-9-26(24)20-29)37-35(43-31-17-13-27(38(39,40)41)21-33(31)45-37)46(36)28-14-11-23-6-2-4-8-25(23)19-28/h2-21H,1H3. The second-order valence-corrected chi connectivity index (χ2v) is 11.7. The molecule has 0 saturated heterocycles. The van der Waals surface area contributed by atoms with Crippen molar-refractivity contribution in [3.63, 3.8) is 0 Å². The van der Waals surface area contributed by atoms with Crippen LogP contribution >= 0.6 is 0 Å². The zero-order valence-corrected chi connectivity index (χ0v) is 24.9. The number of alkyl halides is 3. The van der Waals surface area contributed by atoms with Crippen LogP contribution < -0.4 is 9.80 Å². The average Bonchev–Trinajstić information content (AvgIpc) is 3.08. The van der Waals surface area contributed by atoms with Crippen molar-refractivity contribution in [3.05, 3.63) is 132 Å². The van der Waals surface area contributed by atoms with Gasteiger partial charge in [0.15, 0.2) is 23.3 Å². The summed E-state index contributed by atoms with van der Waals surface area (Å²) in [5, 5.41) is 4.11. The molecule has 2 aromatic heterocycles. The summed E-state index contributed by atoms with van der Waals surface area (Å²) in [7, 11) is 0. The minimum absolute atomic E-state index is 0.121. The molecule has 47 heavy (non-hydrogen) atoms. The van der Waals surface area contributed by atoms with Crippen LogP contribution in [-0.4, -0.2) is 19.9 Å². The Morgan fingerprint density at radius 3 is 1.40 bits per heavy atom. The molecule has 0 spiro atoms. The Morgan fingerprint density at radius 1 is 0.447 bits per heavy atom. The Hall–Kier alpha value is -6.09. The van der Waals surface area contributed by atoms with Crippen molar-refractivity contribution in [1.82, 2.24) is 19.9 Å². The number of hydrogen-bond donors (Lipinski definition) is 0. The highest BCUT2D eigenvalue weighted by atomic mass is 19.4. The summed E-state index contributed by atoms with van der Waals surface area (Å²) in [5.74, 6) is 1.78. The number of halogens is 3. The topological polar surface area (TPSA) is 58.0 Å². The maximum absolute atomic E-state index is 13.8. The quantitative estimate of drug-likeness (QED) is 0.192. The molecule has 0 atom stereocenters. The normalized spacial score (nSPS) is 13.0. The zero-order valence-electron chi connectivity index (χ0n) is 24.9.